The second kappa shape index (κ2) is 6.88. The van der Waals surface area contributed by atoms with Crippen molar-refractivity contribution in [2.45, 2.75) is 29.6 Å². The Kier molecular flexibility index (Phi) is 4.68. The molecular weight excluding hydrogens is 292 g/mol. The van der Waals surface area contributed by atoms with E-state index in [1.165, 1.54) is 21.2 Å². The van der Waals surface area contributed by atoms with Crippen molar-refractivity contribution in [2.24, 2.45) is 0 Å². The normalized spacial score (nSPS) is 12.5. The second-order valence-electron chi connectivity index (χ2n) is 5.29. The molecule has 0 unspecified atom stereocenters. The fourth-order valence-corrected chi connectivity index (χ4v) is 3.68. The van der Waals surface area contributed by atoms with Crippen LogP contribution >= 0.6 is 11.8 Å². The van der Waals surface area contributed by atoms with Crippen LogP contribution in [0.2, 0.25) is 0 Å². The predicted molar refractivity (Wildman–Crippen MR) is 91.9 cm³/mol. The molecule has 2 aromatic carbocycles. The molecule has 3 rings (SSSR count). The monoisotopic (exact) mass is 312 g/mol. The number of amides is 1. The molecule has 1 aliphatic heterocycles. The van der Waals surface area contributed by atoms with Gasteiger partial charge in [0.1, 0.15) is 0 Å². The molecule has 0 aromatic heterocycles. The van der Waals surface area contributed by atoms with Gasteiger partial charge in [-0.05, 0) is 30.7 Å². The van der Waals surface area contributed by atoms with Gasteiger partial charge in [-0.25, -0.2) is 0 Å². The Bertz CT molecular complexity index is 626. The van der Waals surface area contributed by atoms with Gasteiger partial charge in [0.15, 0.2) is 0 Å². The summed E-state index contributed by atoms with van der Waals surface area (Å²) in [6, 6.07) is 16.8. The van der Waals surface area contributed by atoms with Crippen molar-refractivity contribution in [3.8, 4) is 0 Å². The summed E-state index contributed by atoms with van der Waals surface area (Å²) in [5, 5.41) is 2.95. The maximum absolute atomic E-state index is 11.9. The van der Waals surface area contributed by atoms with E-state index in [0.717, 1.165) is 13.0 Å². The van der Waals surface area contributed by atoms with Crippen LogP contribution in [0.5, 0.6) is 0 Å². The van der Waals surface area contributed by atoms with Crippen LogP contribution in [-0.4, -0.2) is 19.0 Å². The quantitative estimate of drug-likeness (QED) is 0.898. The largest absolute Gasteiger partial charge is 0.356 e. The van der Waals surface area contributed by atoms with E-state index in [9.17, 15) is 4.79 Å². The number of carbonyl (C=O) groups is 1. The summed E-state index contributed by atoms with van der Waals surface area (Å²) in [4.78, 5) is 16.7. The van der Waals surface area contributed by atoms with Crippen LogP contribution in [0.4, 0.5) is 11.4 Å². The minimum Gasteiger partial charge on any atom is -0.356 e. The van der Waals surface area contributed by atoms with Gasteiger partial charge in [-0.3, -0.25) is 4.79 Å². The third kappa shape index (κ3) is 3.12. The Balaban J connectivity index is 1.82. The number of fused-ring (bicyclic) bond motifs is 2. The van der Waals surface area contributed by atoms with E-state index in [1.54, 1.807) is 11.8 Å². The molecular formula is C18H20N2OS. The summed E-state index contributed by atoms with van der Waals surface area (Å²) >= 11 is 1.79. The van der Waals surface area contributed by atoms with Crippen LogP contribution in [0.1, 0.15) is 19.8 Å². The topological polar surface area (TPSA) is 32.3 Å². The highest BCUT2D eigenvalue weighted by molar-refractivity contribution is 7.99. The molecule has 0 bridgehead atoms. The fraction of sp³-hybridized carbons (Fsp3) is 0.278. The number of hydrogen-bond donors (Lipinski definition) is 1. The van der Waals surface area contributed by atoms with E-state index in [0.29, 0.717) is 13.0 Å². The van der Waals surface area contributed by atoms with Crippen molar-refractivity contribution in [1.82, 2.24) is 5.32 Å². The van der Waals surface area contributed by atoms with Gasteiger partial charge >= 0.3 is 0 Å². The maximum atomic E-state index is 11.9. The fourth-order valence-electron chi connectivity index (χ4n) is 2.59. The number of nitrogens with one attached hydrogen (secondary N) is 1. The lowest BCUT2D eigenvalue weighted by molar-refractivity contribution is -0.120. The number of benzene rings is 2. The van der Waals surface area contributed by atoms with Crippen LogP contribution in [0.25, 0.3) is 0 Å². The summed E-state index contributed by atoms with van der Waals surface area (Å²) in [5.74, 6) is 0.120. The van der Waals surface area contributed by atoms with Crippen molar-refractivity contribution in [1.29, 1.82) is 0 Å². The van der Waals surface area contributed by atoms with Crippen LogP contribution in [0, 0.1) is 0 Å². The first kappa shape index (κ1) is 15.0. The molecule has 4 heteroatoms. The lowest BCUT2D eigenvalue weighted by Gasteiger charge is -2.32. The van der Waals surface area contributed by atoms with Crippen LogP contribution in [-0.2, 0) is 4.79 Å². The zero-order valence-electron chi connectivity index (χ0n) is 12.7. The second-order valence-corrected chi connectivity index (χ2v) is 6.37. The van der Waals surface area contributed by atoms with Gasteiger partial charge in [0.2, 0.25) is 5.91 Å². The van der Waals surface area contributed by atoms with Crippen molar-refractivity contribution >= 4 is 29.0 Å². The van der Waals surface area contributed by atoms with Gasteiger partial charge in [0, 0.05) is 29.3 Å². The Morgan fingerprint density at radius 2 is 1.64 bits per heavy atom. The first-order chi connectivity index (χ1) is 10.8. The molecule has 1 amide bonds. The average molecular weight is 312 g/mol. The molecule has 0 atom stereocenters. The SMILES string of the molecule is CCCNC(=O)CCN1c2ccccc2Sc2ccccc21. The van der Waals surface area contributed by atoms with Gasteiger partial charge in [0.25, 0.3) is 0 Å². The summed E-state index contributed by atoms with van der Waals surface area (Å²) in [6.45, 7) is 3.51. The highest BCUT2D eigenvalue weighted by atomic mass is 32.2. The van der Waals surface area contributed by atoms with Gasteiger partial charge in [-0.2, -0.15) is 0 Å². The molecule has 1 aliphatic rings. The van der Waals surface area contributed by atoms with E-state index in [1.807, 2.05) is 0 Å². The Morgan fingerprint density at radius 3 is 2.23 bits per heavy atom. The van der Waals surface area contributed by atoms with Gasteiger partial charge in [-0.1, -0.05) is 43.0 Å². The van der Waals surface area contributed by atoms with Crippen LogP contribution in [0.15, 0.2) is 58.3 Å². The molecule has 1 heterocycles. The van der Waals surface area contributed by atoms with Crippen molar-refractivity contribution < 1.29 is 4.79 Å². The van der Waals surface area contributed by atoms with E-state index in [2.05, 4.69) is 65.7 Å². The number of anilines is 2. The minimum absolute atomic E-state index is 0.120. The zero-order valence-corrected chi connectivity index (χ0v) is 13.5. The van der Waals surface area contributed by atoms with Gasteiger partial charge in [0.05, 0.1) is 11.4 Å². The van der Waals surface area contributed by atoms with Crippen LogP contribution in [0.3, 0.4) is 0 Å². The number of rotatable bonds is 5. The standard InChI is InChI=1S/C18H20N2OS/c1-2-12-19-18(21)11-13-20-14-7-3-5-9-16(14)22-17-10-6-4-8-15(17)20/h3-10H,2,11-13H2,1H3,(H,19,21). The molecule has 0 saturated heterocycles. The van der Waals surface area contributed by atoms with E-state index in [-0.39, 0.29) is 5.91 Å². The summed E-state index contributed by atoms with van der Waals surface area (Å²) in [7, 11) is 0. The van der Waals surface area contributed by atoms with E-state index < -0.39 is 0 Å². The summed E-state index contributed by atoms with van der Waals surface area (Å²) in [5.41, 5.74) is 2.38. The molecule has 0 aliphatic carbocycles. The van der Waals surface area contributed by atoms with Crippen molar-refractivity contribution in [3.05, 3.63) is 48.5 Å². The Labute approximate surface area is 135 Å². The molecule has 2 aromatic rings. The van der Waals surface area contributed by atoms with E-state index in [4.69, 9.17) is 0 Å². The lowest BCUT2D eigenvalue weighted by Crippen LogP contribution is -2.30. The number of carbonyl (C=O) groups excluding carboxylic acids is 1. The summed E-state index contributed by atoms with van der Waals surface area (Å²) < 4.78 is 0. The average Bonchev–Trinajstić information content (AvgIpc) is 2.56. The van der Waals surface area contributed by atoms with Crippen LogP contribution < -0.4 is 10.2 Å². The Morgan fingerprint density at radius 1 is 1.05 bits per heavy atom. The highest BCUT2D eigenvalue weighted by Gasteiger charge is 2.22. The molecule has 0 spiro atoms. The van der Waals surface area contributed by atoms with Crippen molar-refractivity contribution in [3.63, 3.8) is 0 Å². The van der Waals surface area contributed by atoms with E-state index >= 15 is 0 Å². The third-order valence-corrected chi connectivity index (χ3v) is 4.80. The summed E-state index contributed by atoms with van der Waals surface area (Å²) in [6.07, 6.45) is 1.48. The molecule has 0 fully saturated rings. The first-order valence-electron chi connectivity index (χ1n) is 7.69. The van der Waals surface area contributed by atoms with Crippen molar-refractivity contribution in [2.75, 3.05) is 18.0 Å². The molecule has 114 valence electrons. The third-order valence-electron chi connectivity index (χ3n) is 3.67. The molecule has 3 nitrogen and oxygen atoms in total. The maximum Gasteiger partial charge on any atom is 0.221 e. The number of nitrogens with zero attached hydrogens (tertiary/aromatic N) is 1. The lowest BCUT2D eigenvalue weighted by atomic mass is 10.2. The van der Waals surface area contributed by atoms with Gasteiger partial charge < -0.3 is 10.2 Å². The molecule has 1 N–H and O–H groups in total. The molecule has 0 saturated carbocycles. The predicted octanol–water partition coefficient (Wildman–Crippen LogP) is 4.21. The highest BCUT2D eigenvalue weighted by Crippen LogP contribution is 2.47. The smallest absolute Gasteiger partial charge is 0.221 e. The number of para-hydroxylation sites is 2. The minimum atomic E-state index is 0.120. The Hall–Kier alpha value is -1.94. The zero-order chi connectivity index (χ0) is 15.4. The molecule has 0 radical (unpaired) electrons. The first-order valence-corrected chi connectivity index (χ1v) is 8.51. The number of hydrogen-bond acceptors (Lipinski definition) is 3. The van der Waals surface area contributed by atoms with Gasteiger partial charge in [-0.15, -0.1) is 0 Å². The molecule has 22 heavy (non-hydrogen) atoms.